The Hall–Kier alpha value is -2.88. The molecule has 0 bridgehead atoms. The molecule has 1 aromatic carbocycles. The Labute approximate surface area is 140 Å². The molecule has 1 aliphatic rings. The lowest BCUT2D eigenvalue weighted by atomic mass is 10.1. The molecule has 3 rings (SSSR count). The summed E-state index contributed by atoms with van der Waals surface area (Å²) in [7, 11) is 0. The van der Waals surface area contributed by atoms with E-state index in [9.17, 15) is 4.79 Å². The van der Waals surface area contributed by atoms with Gasteiger partial charge in [-0.25, -0.2) is 14.5 Å². The Kier molecular flexibility index (Phi) is 3.97. The van der Waals surface area contributed by atoms with Gasteiger partial charge in [0.05, 0.1) is 24.7 Å². The van der Waals surface area contributed by atoms with Gasteiger partial charge >= 0.3 is 6.09 Å². The molecule has 7 nitrogen and oxygen atoms in total. The summed E-state index contributed by atoms with van der Waals surface area (Å²) < 4.78 is 7.21. The highest BCUT2D eigenvalue weighted by molar-refractivity contribution is 5.68. The van der Waals surface area contributed by atoms with Crippen LogP contribution in [0.3, 0.4) is 0 Å². The first kappa shape index (κ1) is 16.0. The molecular formula is C17H19N5O2. The molecule has 0 aliphatic carbocycles. The zero-order valence-corrected chi connectivity index (χ0v) is 14.0. The van der Waals surface area contributed by atoms with E-state index in [4.69, 9.17) is 10.00 Å². The summed E-state index contributed by atoms with van der Waals surface area (Å²) in [6, 6.07) is 9.28. The molecule has 7 heteroatoms. The van der Waals surface area contributed by atoms with Crippen LogP contribution < -0.4 is 0 Å². The Bertz CT molecular complexity index is 813. The van der Waals surface area contributed by atoms with Crippen LogP contribution in [0.1, 0.15) is 32.2 Å². The number of fused-ring (bicyclic) bond motifs is 1. The number of ether oxygens (including phenoxy) is 1. The van der Waals surface area contributed by atoms with Crippen molar-refractivity contribution in [3.05, 3.63) is 35.7 Å². The van der Waals surface area contributed by atoms with E-state index in [0.29, 0.717) is 36.8 Å². The zero-order valence-electron chi connectivity index (χ0n) is 14.0. The number of rotatable bonds is 1. The highest BCUT2D eigenvalue weighted by Gasteiger charge is 2.27. The number of amides is 1. The number of hydrogen-bond acceptors (Lipinski definition) is 5. The molecule has 2 aromatic rings. The number of benzene rings is 1. The van der Waals surface area contributed by atoms with Crippen LogP contribution in [0.25, 0.3) is 11.4 Å². The lowest BCUT2D eigenvalue weighted by Gasteiger charge is -2.29. The first-order valence-corrected chi connectivity index (χ1v) is 7.78. The molecule has 1 amide bonds. The third kappa shape index (κ3) is 3.38. The minimum Gasteiger partial charge on any atom is -0.444 e. The van der Waals surface area contributed by atoms with Crippen LogP contribution in [0.2, 0.25) is 0 Å². The Morgan fingerprint density at radius 3 is 2.83 bits per heavy atom. The number of hydrogen-bond donors (Lipinski definition) is 0. The van der Waals surface area contributed by atoms with Crippen molar-refractivity contribution < 1.29 is 9.53 Å². The normalized spacial score (nSPS) is 14.0. The summed E-state index contributed by atoms with van der Waals surface area (Å²) in [6.45, 7) is 7.00. The van der Waals surface area contributed by atoms with Gasteiger partial charge < -0.3 is 4.74 Å². The smallest absolute Gasteiger partial charge is 0.410 e. The maximum atomic E-state index is 12.2. The highest BCUT2D eigenvalue weighted by Crippen LogP contribution is 2.20. The number of nitriles is 1. The molecule has 124 valence electrons. The van der Waals surface area contributed by atoms with Crippen LogP contribution >= 0.6 is 0 Å². The van der Waals surface area contributed by atoms with Gasteiger partial charge in [0.2, 0.25) is 0 Å². The fourth-order valence-electron chi connectivity index (χ4n) is 2.47. The molecular weight excluding hydrogens is 306 g/mol. The maximum Gasteiger partial charge on any atom is 0.410 e. The topological polar surface area (TPSA) is 84.0 Å². The van der Waals surface area contributed by atoms with Crippen LogP contribution in [-0.4, -0.2) is 37.9 Å². The molecule has 0 N–H and O–H groups in total. The van der Waals surface area contributed by atoms with E-state index in [2.05, 4.69) is 16.2 Å². The van der Waals surface area contributed by atoms with Crippen LogP contribution in [-0.2, 0) is 17.8 Å². The van der Waals surface area contributed by atoms with Crippen LogP contribution in [0, 0.1) is 11.3 Å². The SMILES string of the molecule is CC(C)(C)OC(=O)N1CCn2nc(-c3cccc(C#N)c3)nc2C1. The van der Waals surface area contributed by atoms with Gasteiger partial charge in [0, 0.05) is 12.1 Å². The minimum atomic E-state index is -0.523. The summed E-state index contributed by atoms with van der Waals surface area (Å²) in [6.07, 6.45) is -0.343. The molecule has 0 atom stereocenters. The highest BCUT2D eigenvalue weighted by atomic mass is 16.6. The molecule has 0 spiro atoms. The van der Waals surface area contributed by atoms with Gasteiger partial charge in [-0.3, -0.25) is 4.90 Å². The second-order valence-electron chi connectivity index (χ2n) is 6.67. The summed E-state index contributed by atoms with van der Waals surface area (Å²) in [5.74, 6) is 1.28. The van der Waals surface area contributed by atoms with Crippen LogP contribution in [0.4, 0.5) is 4.79 Å². The van der Waals surface area contributed by atoms with Gasteiger partial charge in [-0.05, 0) is 32.9 Å². The fourth-order valence-corrected chi connectivity index (χ4v) is 2.47. The fraction of sp³-hybridized carbons (Fsp3) is 0.412. The quantitative estimate of drug-likeness (QED) is 0.804. The van der Waals surface area contributed by atoms with Crippen molar-refractivity contribution in [1.29, 1.82) is 5.26 Å². The van der Waals surface area contributed by atoms with Gasteiger partial charge in [-0.2, -0.15) is 10.4 Å². The van der Waals surface area contributed by atoms with E-state index in [-0.39, 0.29) is 6.09 Å². The van der Waals surface area contributed by atoms with Crippen molar-refractivity contribution in [2.75, 3.05) is 6.54 Å². The van der Waals surface area contributed by atoms with Crippen molar-refractivity contribution in [3.8, 4) is 17.5 Å². The minimum absolute atomic E-state index is 0.343. The van der Waals surface area contributed by atoms with Crippen molar-refractivity contribution in [2.24, 2.45) is 0 Å². The number of aromatic nitrogens is 3. The predicted molar refractivity (Wildman–Crippen MR) is 86.8 cm³/mol. The molecule has 0 unspecified atom stereocenters. The Balaban J connectivity index is 1.80. The van der Waals surface area contributed by atoms with E-state index in [1.54, 1.807) is 27.8 Å². The summed E-state index contributed by atoms with van der Waals surface area (Å²) in [5, 5.41) is 13.5. The first-order valence-electron chi connectivity index (χ1n) is 7.78. The van der Waals surface area contributed by atoms with E-state index in [0.717, 1.165) is 5.56 Å². The molecule has 1 aliphatic heterocycles. The molecule has 0 saturated carbocycles. The molecule has 0 radical (unpaired) electrons. The van der Waals surface area contributed by atoms with Gasteiger partial charge in [-0.15, -0.1) is 0 Å². The van der Waals surface area contributed by atoms with Gasteiger partial charge in [0.1, 0.15) is 11.4 Å². The third-order valence-corrected chi connectivity index (χ3v) is 3.56. The predicted octanol–water partition coefficient (Wildman–Crippen LogP) is 2.57. The third-order valence-electron chi connectivity index (χ3n) is 3.56. The number of carbonyl (C=O) groups excluding carboxylic acids is 1. The average Bonchev–Trinajstić information content (AvgIpc) is 2.96. The molecule has 0 saturated heterocycles. The standard InChI is InChI=1S/C17H19N5O2/c1-17(2,3)24-16(23)21-7-8-22-14(11-21)19-15(20-22)13-6-4-5-12(9-13)10-18/h4-6,9H,7-8,11H2,1-3H3. The lowest BCUT2D eigenvalue weighted by molar-refractivity contribution is 0.0190. The van der Waals surface area contributed by atoms with E-state index < -0.39 is 5.60 Å². The Morgan fingerprint density at radius 2 is 2.12 bits per heavy atom. The zero-order chi connectivity index (χ0) is 17.3. The van der Waals surface area contributed by atoms with Gasteiger partial charge in [0.25, 0.3) is 0 Å². The molecule has 0 fully saturated rings. The monoisotopic (exact) mass is 325 g/mol. The van der Waals surface area contributed by atoms with Crippen molar-refractivity contribution in [3.63, 3.8) is 0 Å². The van der Waals surface area contributed by atoms with Crippen molar-refractivity contribution in [2.45, 2.75) is 39.5 Å². The van der Waals surface area contributed by atoms with Crippen molar-refractivity contribution >= 4 is 6.09 Å². The first-order chi connectivity index (χ1) is 11.4. The molecule has 2 heterocycles. The van der Waals surface area contributed by atoms with Crippen LogP contribution in [0.15, 0.2) is 24.3 Å². The lowest BCUT2D eigenvalue weighted by Crippen LogP contribution is -2.41. The van der Waals surface area contributed by atoms with Gasteiger partial charge in [0.15, 0.2) is 5.82 Å². The van der Waals surface area contributed by atoms with E-state index in [1.807, 2.05) is 26.8 Å². The van der Waals surface area contributed by atoms with Crippen molar-refractivity contribution in [1.82, 2.24) is 19.7 Å². The largest absolute Gasteiger partial charge is 0.444 e. The van der Waals surface area contributed by atoms with Crippen LogP contribution in [0.5, 0.6) is 0 Å². The Morgan fingerprint density at radius 1 is 1.33 bits per heavy atom. The van der Waals surface area contributed by atoms with Gasteiger partial charge in [-0.1, -0.05) is 12.1 Å². The summed E-state index contributed by atoms with van der Waals surface area (Å²) >= 11 is 0. The average molecular weight is 325 g/mol. The second kappa shape index (κ2) is 5.96. The molecule has 1 aromatic heterocycles. The van der Waals surface area contributed by atoms with E-state index in [1.165, 1.54) is 0 Å². The second-order valence-corrected chi connectivity index (χ2v) is 6.67. The number of carbonyl (C=O) groups is 1. The van der Waals surface area contributed by atoms with E-state index >= 15 is 0 Å². The number of nitrogens with zero attached hydrogens (tertiary/aromatic N) is 5. The summed E-state index contributed by atoms with van der Waals surface area (Å²) in [5.41, 5.74) is 0.834. The molecule has 24 heavy (non-hydrogen) atoms. The summed E-state index contributed by atoms with van der Waals surface area (Å²) in [4.78, 5) is 18.3. The maximum absolute atomic E-state index is 12.2.